The molecule has 6 heteroatoms. The molecule has 18 heavy (non-hydrogen) atoms. The molecule has 0 aliphatic heterocycles. The zero-order valence-electron chi connectivity index (χ0n) is 10.5. The first-order valence-corrected chi connectivity index (χ1v) is 5.46. The summed E-state index contributed by atoms with van der Waals surface area (Å²) < 4.78 is 31.3. The van der Waals surface area contributed by atoms with Crippen molar-refractivity contribution in [3.05, 3.63) is 23.8 Å². The van der Waals surface area contributed by atoms with E-state index in [-0.39, 0.29) is 11.7 Å². The van der Waals surface area contributed by atoms with Crippen molar-refractivity contribution in [2.24, 2.45) is 11.7 Å². The molecule has 0 saturated carbocycles. The van der Waals surface area contributed by atoms with Crippen molar-refractivity contribution in [2.45, 2.75) is 19.9 Å². The second kappa shape index (κ2) is 5.77. The number of nitrogens with two attached hydrogens (primary N) is 1. The predicted octanol–water partition coefficient (Wildman–Crippen LogP) is 1.90. The van der Waals surface area contributed by atoms with Crippen molar-refractivity contribution in [3.63, 3.8) is 0 Å². The number of hydrogen-bond donors (Lipinski definition) is 2. The second-order valence-electron chi connectivity index (χ2n) is 4.11. The lowest BCUT2D eigenvalue weighted by molar-refractivity contribution is -0.119. The number of amides is 1. The lowest BCUT2D eigenvalue weighted by atomic mass is 10.0. The molecule has 100 valence electrons. The molecule has 1 aromatic rings. The number of hydrogen-bond acceptors (Lipinski definition) is 3. The lowest BCUT2D eigenvalue weighted by Crippen LogP contribution is -2.34. The molecule has 0 saturated heterocycles. The maximum atomic E-state index is 13.4. The molecule has 0 spiro atoms. The van der Waals surface area contributed by atoms with Crippen molar-refractivity contribution < 1.29 is 18.3 Å². The molecule has 0 heterocycles. The predicted molar refractivity (Wildman–Crippen MR) is 64.4 cm³/mol. The van der Waals surface area contributed by atoms with Crippen LogP contribution in [-0.2, 0) is 4.79 Å². The zero-order chi connectivity index (χ0) is 13.9. The molecule has 1 rings (SSSR count). The fourth-order valence-corrected chi connectivity index (χ4v) is 1.32. The maximum Gasteiger partial charge on any atom is 0.228 e. The van der Waals surface area contributed by atoms with Gasteiger partial charge in [0.2, 0.25) is 5.91 Å². The van der Waals surface area contributed by atoms with Crippen molar-refractivity contribution in [1.82, 2.24) is 0 Å². The molecule has 0 bridgehead atoms. The minimum Gasteiger partial charge on any atom is -0.491 e. The highest BCUT2D eigenvalue weighted by Crippen LogP contribution is 2.25. The van der Waals surface area contributed by atoms with E-state index in [1.165, 1.54) is 0 Å². The molecule has 3 N–H and O–H groups in total. The summed E-state index contributed by atoms with van der Waals surface area (Å²) in [6.07, 6.45) is 0. The first kappa shape index (κ1) is 14.4. The largest absolute Gasteiger partial charge is 0.491 e. The van der Waals surface area contributed by atoms with Gasteiger partial charge in [0.05, 0.1) is 13.0 Å². The number of nitrogens with one attached hydrogen (secondary N) is 1. The van der Waals surface area contributed by atoms with Gasteiger partial charge in [0, 0.05) is 23.9 Å². The summed E-state index contributed by atoms with van der Waals surface area (Å²) in [6, 6.07) is 1.64. The molecule has 0 aliphatic rings. The van der Waals surface area contributed by atoms with Gasteiger partial charge in [0.1, 0.15) is 0 Å². The Labute approximate surface area is 104 Å². The highest BCUT2D eigenvalue weighted by molar-refractivity contribution is 5.92. The molecule has 2 atom stereocenters. The van der Waals surface area contributed by atoms with E-state index in [0.29, 0.717) is 0 Å². The van der Waals surface area contributed by atoms with Crippen LogP contribution in [0.25, 0.3) is 0 Å². The molecule has 2 unspecified atom stereocenters. The monoisotopic (exact) mass is 258 g/mol. The van der Waals surface area contributed by atoms with Gasteiger partial charge in [-0.2, -0.15) is 0 Å². The van der Waals surface area contributed by atoms with Gasteiger partial charge in [-0.05, 0) is 6.92 Å². The van der Waals surface area contributed by atoms with E-state index in [2.05, 4.69) is 10.1 Å². The Hall–Kier alpha value is -1.69. The van der Waals surface area contributed by atoms with Gasteiger partial charge in [-0.3, -0.25) is 4.79 Å². The molecule has 4 nitrogen and oxygen atoms in total. The van der Waals surface area contributed by atoms with Gasteiger partial charge in [-0.15, -0.1) is 0 Å². The topological polar surface area (TPSA) is 64.3 Å². The number of ether oxygens (including phenoxy) is 1. The molecule has 0 aromatic heterocycles. The highest BCUT2D eigenvalue weighted by Gasteiger charge is 2.19. The third-order valence-corrected chi connectivity index (χ3v) is 2.67. The summed E-state index contributed by atoms with van der Waals surface area (Å²) >= 11 is 0. The van der Waals surface area contributed by atoms with Crippen LogP contribution in [0, 0.1) is 17.6 Å². The van der Waals surface area contributed by atoms with Gasteiger partial charge < -0.3 is 15.8 Å². The van der Waals surface area contributed by atoms with Gasteiger partial charge in [-0.25, -0.2) is 8.78 Å². The molecule has 0 radical (unpaired) electrons. The van der Waals surface area contributed by atoms with E-state index in [1.807, 2.05) is 0 Å². The third kappa shape index (κ3) is 3.16. The van der Waals surface area contributed by atoms with Crippen molar-refractivity contribution >= 4 is 11.6 Å². The smallest absolute Gasteiger partial charge is 0.228 e. The number of carbonyl (C=O) groups is 1. The number of methoxy groups -OCH3 is 1. The first-order valence-electron chi connectivity index (χ1n) is 5.46. The van der Waals surface area contributed by atoms with Crippen molar-refractivity contribution in [2.75, 3.05) is 12.4 Å². The van der Waals surface area contributed by atoms with Crippen molar-refractivity contribution in [1.29, 1.82) is 0 Å². The molecule has 1 amide bonds. The van der Waals surface area contributed by atoms with Crippen LogP contribution in [0.2, 0.25) is 0 Å². The van der Waals surface area contributed by atoms with E-state index in [4.69, 9.17) is 5.73 Å². The van der Waals surface area contributed by atoms with Gasteiger partial charge in [0.25, 0.3) is 0 Å². The average Bonchev–Trinajstić information content (AvgIpc) is 2.27. The molecular weight excluding hydrogens is 242 g/mol. The van der Waals surface area contributed by atoms with Crippen LogP contribution in [0.3, 0.4) is 0 Å². The minimum atomic E-state index is -0.874. The van der Waals surface area contributed by atoms with Crippen LogP contribution >= 0.6 is 0 Å². The summed E-state index contributed by atoms with van der Waals surface area (Å²) in [5.41, 5.74) is 5.60. The Morgan fingerprint density at radius 2 is 1.83 bits per heavy atom. The first-order chi connectivity index (χ1) is 8.36. The Morgan fingerprint density at radius 3 is 2.22 bits per heavy atom. The number of anilines is 1. The van der Waals surface area contributed by atoms with E-state index < -0.39 is 29.2 Å². The third-order valence-electron chi connectivity index (χ3n) is 2.67. The van der Waals surface area contributed by atoms with Gasteiger partial charge in [-0.1, -0.05) is 6.92 Å². The number of halogens is 2. The van der Waals surface area contributed by atoms with Crippen LogP contribution < -0.4 is 15.8 Å². The second-order valence-corrected chi connectivity index (χ2v) is 4.11. The standard InChI is InChI=1S/C12H16F2N2O2/c1-6(7(2)15)12(17)16-8-4-9(13)11(18-3)10(14)5-8/h4-7H,15H2,1-3H3,(H,16,17). The quantitative estimate of drug-likeness (QED) is 0.866. The molecule has 1 aromatic carbocycles. The normalized spacial score (nSPS) is 13.9. The Morgan fingerprint density at radius 1 is 1.33 bits per heavy atom. The number of rotatable bonds is 4. The Kier molecular flexibility index (Phi) is 4.61. The fraction of sp³-hybridized carbons (Fsp3) is 0.417. The van der Waals surface area contributed by atoms with Crippen LogP contribution in [0.5, 0.6) is 5.75 Å². The van der Waals surface area contributed by atoms with Crippen molar-refractivity contribution in [3.8, 4) is 5.75 Å². The highest BCUT2D eigenvalue weighted by atomic mass is 19.1. The van der Waals surface area contributed by atoms with Gasteiger partial charge in [0.15, 0.2) is 17.4 Å². The summed E-state index contributed by atoms with van der Waals surface area (Å²) in [6.45, 7) is 3.32. The zero-order valence-corrected chi connectivity index (χ0v) is 10.5. The van der Waals surface area contributed by atoms with Crippen LogP contribution in [0.15, 0.2) is 12.1 Å². The summed E-state index contributed by atoms with van der Waals surface area (Å²) in [4.78, 5) is 11.7. The van der Waals surface area contributed by atoms with E-state index in [9.17, 15) is 13.6 Å². The van der Waals surface area contributed by atoms with Gasteiger partial charge >= 0.3 is 0 Å². The number of carbonyl (C=O) groups excluding carboxylic acids is 1. The van der Waals surface area contributed by atoms with Crippen LogP contribution in [-0.4, -0.2) is 19.1 Å². The lowest BCUT2D eigenvalue weighted by Gasteiger charge is -2.15. The van der Waals surface area contributed by atoms with E-state index in [0.717, 1.165) is 19.2 Å². The summed E-state index contributed by atoms with van der Waals surface area (Å²) in [5, 5.41) is 2.40. The summed E-state index contributed by atoms with van der Waals surface area (Å²) in [7, 11) is 1.16. The molecule has 0 fully saturated rings. The van der Waals surface area contributed by atoms with Crippen LogP contribution in [0.1, 0.15) is 13.8 Å². The Balaban J connectivity index is 2.90. The SMILES string of the molecule is COc1c(F)cc(NC(=O)C(C)C(C)N)cc1F. The number of benzene rings is 1. The van der Waals surface area contributed by atoms with Crippen LogP contribution in [0.4, 0.5) is 14.5 Å². The fourth-order valence-electron chi connectivity index (χ4n) is 1.32. The minimum absolute atomic E-state index is 0.0308. The average molecular weight is 258 g/mol. The summed E-state index contributed by atoms with van der Waals surface area (Å²) in [5.74, 6) is -3.08. The Bertz CT molecular complexity index is 427. The van der Waals surface area contributed by atoms with E-state index >= 15 is 0 Å². The van der Waals surface area contributed by atoms with E-state index in [1.54, 1.807) is 13.8 Å². The maximum absolute atomic E-state index is 13.4. The molecule has 0 aliphatic carbocycles. The molecular formula is C12H16F2N2O2.